The van der Waals surface area contributed by atoms with Crippen LogP contribution in [0.3, 0.4) is 0 Å². The number of carbonyl (C=O) groups excluding carboxylic acids is 2. The molecule has 0 spiro atoms. The maximum atomic E-state index is 10.5. The molecule has 1 aromatic carbocycles. The summed E-state index contributed by atoms with van der Waals surface area (Å²) in [5.74, 6) is 1.26. The number of ether oxygens (including phenoxy) is 3. The van der Waals surface area contributed by atoms with Crippen LogP contribution < -0.4 is 20.9 Å². The standard InChI is InChI=1S/C10H11NO3.C5H11NO2/c11-4-8-6-13-9-2-1-7(5-12)3-10(9)14-8;1-5(2,3)8-4(6)7/h1-3,5,8H,4,6,11H2;1-3H3,(H2,6,7). The molecule has 0 saturated carbocycles. The predicted octanol–water partition coefficient (Wildman–Crippen LogP) is 1.48. The van der Waals surface area contributed by atoms with Crippen molar-refractivity contribution in [1.29, 1.82) is 0 Å². The van der Waals surface area contributed by atoms with E-state index < -0.39 is 11.7 Å². The van der Waals surface area contributed by atoms with Crippen LogP contribution in [0.15, 0.2) is 18.2 Å². The minimum atomic E-state index is -0.725. The Morgan fingerprint density at radius 2 is 2.09 bits per heavy atom. The summed E-state index contributed by atoms with van der Waals surface area (Å²) in [5, 5.41) is 0. The number of fused-ring (bicyclic) bond motifs is 1. The Morgan fingerprint density at radius 3 is 2.55 bits per heavy atom. The first kappa shape index (κ1) is 17.8. The number of primary amides is 1. The van der Waals surface area contributed by atoms with Crippen molar-refractivity contribution >= 4 is 12.4 Å². The summed E-state index contributed by atoms with van der Waals surface area (Å²) in [6.07, 6.45) is -0.0720. The molecule has 0 saturated heterocycles. The van der Waals surface area contributed by atoms with Crippen molar-refractivity contribution in [3.8, 4) is 11.5 Å². The lowest BCUT2D eigenvalue weighted by atomic mass is 10.2. The predicted molar refractivity (Wildman–Crippen MR) is 81.2 cm³/mol. The lowest BCUT2D eigenvalue weighted by molar-refractivity contribution is 0.0600. The Balaban J connectivity index is 0.000000261. The smallest absolute Gasteiger partial charge is 0.405 e. The van der Waals surface area contributed by atoms with Gasteiger partial charge in [-0.2, -0.15) is 0 Å². The van der Waals surface area contributed by atoms with Gasteiger partial charge < -0.3 is 25.7 Å². The van der Waals surface area contributed by atoms with Gasteiger partial charge in [-0.15, -0.1) is 0 Å². The lowest BCUT2D eigenvalue weighted by Gasteiger charge is -2.25. The van der Waals surface area contributed by atoms with Gasteiger partial charge in [0.15, 0.2) is 11.5 Å². The number of carbonyl (C=O) groups is 2. The highest BCUT2D eigenvalue weighted by Crippen LogP contribution is 2.31. The molecule has 7 heteroatoms. The molecule has 0 fully saturated rings. The van der Waals surface area contributed by atoms with Crippen LogP contribution in [0.4, 0.5) is 4.79 Å². The molecule has 4 N–H and O–H groups in total. The van der Waals surface area contributed by atoms with E-state index >= 15 is 0 Å². The average molecular weight is 310 g/mol. The topological polar surface area (TPSA) is 114 Å². The van der Waals surface area contributed by atoms with E-state index in [0.29, 0.717) is 30.2 Å². The molecule has 1 aliphatic rings. The van der Waals surface area contributed by atoms with Gasteiger partial charge in [0, 0.05) is 12.1 Å². The van der Waals surface area contributed by atoms with E-state index in [0.717, 1.165) is 6.29 Å². The third-order valence-corrected chi connectivity index (χ3v) is 2.49. The highest BCUT2D eigenvalue weighted by atomic mass is 16.6. The first-order valence-electron chi connectivity index (χ1n) is 6.82. The van der Waals surface area contributed by atoms with Crippen LogP contribution in [-0.2, 0) is 4.74 Å². The number of benzene rings is 1. The van der Waals surface area contributed by atoms with Gasteiger partial charge in [0.1, 0.15) is 24.6 Å². The van der Waals surface area contributed by atoms with E-state index in [1.165, 1.54) is 0 Å². The third-order valence-electron chi connectivity index (χ3n) is 2.49. The highest BCUT2D eigenvalue weighted by molar-refractivity contribution is 5.76. The van der Waals surface area contributed by atoms with E-state index in [9.17, 15) is 9.59 Å². The van der Waals surface area contributed by atoms with E-state index in [2.05, 4.69) is 4.74 Å². The van der Waals surface area contributed by atoms with Crippen LogP contribution >= 0.6 is 0 Å². The van der Waals surface area contributed by atoms with E-state index in [1.807, 2.05) is 0 Å². The second-order valence-corrected chi connectivity index (χ2v) is 5.64. The molecule has 22 heavy (non-hydrogen) atoms. The second kappa shape index (κ2) is 7.65. The Kier molecular flexibility index (Phi) is 6.18. The van der Waals surface area contributed by atoms with E-state index in [1.54, 1.807) is 39.0 Å². The number of amides is 1. The summed E-state index contributed by atoms with van der Waals surface area (Å²) in [6.45, 7) is 6.15. The summed E-state index contributed by atoms with van der Waals surface area (Å²) in [5.41, 5.74) is 10.3. The summed E-state index contributed by atoms with van der Waals surface area (Å²) in [7, 11) is 0. The maximum absolute atomic E-state index is 10.5. The van der Waals surface area contributed by atoms with Gasteiger partial charge in [-0.1, -0.05) is 0 Å². The molecule has 1 aliphatic heterocycles. The van der Waals surface area contributed by atoms with E-state index in [-0.39, 0.29) is 6.10 Å². The number of aldehydes is 1. The Bertz CT molecular complexity index is 525. The molecule has 0 radical (unpaired) electrons. The summed E-state index contributed by atoms with van der Waals surface area (Å²) in [4.78, 5) is 20.5. The quantitative estimate of drug-likeness (QED) is 0.800. The second-order valence-electron chi connectivity index (χ2n) is 5.64. The van der Waals surface area contributed by atoms with Gasteiger partial charge in [-0.25, -0.2) is 4.79 Å². The Labute approximate surface area is 129 Å². The van der Waals surface area contributed by atoms with Crippen molar-refractivity contribution in [3.63, 3.8) is 0 Å². The molecular formula is C15H22N2O5. The largest absolute Gasteiger partial charge is 0.486 e. The fraction of sp³-hybridized carbons (Fsp3) is 0.467. The fourth-order valence-electron chi connectivity index (χ4n) is 1.62. The monoisotopic (exact) mass is 310 g/mol. The van der Waals surface area contributed by atoms with Crippen molar-refractivity contribution in [2.75, 3.05) is 13.2 Å². The molecule has 1 atom stereocenters. The fourth-order valence-corrected chi connectivity index (χ4v) is 1.62. The first-order chi connectivity index (χ1) is 10.2. The molecule has 122 valence electrons. The molecule has 1 amide bonds. The van der Waals surface area contributed by atoms with Gasteiger partial charge in [-0.05, 0) is 39.0 Å². The normalized spacial score (nSPS) is 16.1. The van der Waals surface area contributed by atoms with Crippen LogP contribution in [0.1, 0.15) is 31.1 Å². The molecule has 0 aliphatic carbocycles. The van der Waals surface area contributed by atoms with Crippen molar-refractivity contribution in [1.82, 2.24) is 0 Å². The summed E-state index contributed by atoms with van der Waals surface area (Å²) in [6, 6.07) is 5.08. The van der Waals surface area contributed by atoms with Gasteiger partial charge in [0.05, 0.1) is 0 Å². The molecule has 0 aromatic heterocycles. The SMILES string of the molecule is CC(C)(C)OC(N)=O.NCC1COc2ccc(C=O)cc2O1. The molecular weight excluding hydrogens is 288 g/mol. The molecule has 2 rings (SSSR count). The van der Waals surface area contributed by atoms with Crippen LogP contribution in [0.2, 0.25) is 0 Å². The average Bonchev–Trinajstić information content (AvgIpc) is 2.44. The van der Waals surface area contributed by atoms with Crippen molar-refractivity contribution < 1.29 is 23.8 Å². The minimum Gasteiger partial charge on any atom is -0.486 e. The van der Waals surface area contributed by atoms with Crippen molar-refractivity contribution in [2.24, 2.45) is 11.5 Å². The summed E-state index contributed by atoms with van der Waals surface area (Å²) >= 11 is 0. The van der Waals surface area contributed by atoms with Crippen molar-refractivity contribution in [2.45, 2.75) is 32.5 Å². The van der Waals surface area contributed by atoms with E-state index in [4.69, 9.17) is 20.9 Å². The molecule has 1 unspecified atom stereocenters. The molecule has 0 bridgehead atoms. The highest BCUT2D eigenvalue weighted by Gasteiger charge is 2.19. The molecule has 7 nitrogen and oxygen atoms in total. The maximum Gasteiger partial charge on any atom is 0.405 e. The summed E-state index contributed by atoms with van der Waals surface area (Å²) < 4.78 is 15.5. The van der Waals surface area contributed by atoms with Crippen molar-refractivity contribution in [3.05, 3.63) is 23.8 Å². The van der Waals surface area contributed by atoms with Crippen LogP contribution in [0, 0.1) is 0 Å². The van der Waals surface area contributed by atoms with Gasteiger partial charge in [0.25, 0.3) is 0 Å². The number of rotatable bonds is 2. The zero-order chi connectivity index (χ0) is 16.8. The zero-order valence-corrected chi connectivity index (χ0v) is 13.0. The van der Waals surface area contributed by atoms with Gasteiger partial charge >= 0.3 is 6.09 Å². The molecule has 1 aromatic rings. The van der Waals surface area contributed by atoms with Crippen LogP contribution in [0.5, 0.6) is 11.5 Å². The zero-order valence-electron chi connectivity index (χ0n) is 13.0. The number of hydrogen-bond acceptors (Lipinski definition) is 6. The van der Waals surface area contributed by atoms with Crippen LogP contribution in [0.25, 0.3) is 0 Å². The third kappa shape index (κ3) is 6.01. The first-order valence-corrected chi connectivity index (χ1v) is 6.82. The van der Waals surface area contributed by atoms with Gasteiger partial charge in [0.2, 0.25) is 0 Å². The minimum absolute atomic E-state index is 0.121. The Morgan fingerprint density at radius 1 is 1.41 bits per heavy atom. The number of hydrogen-bond donors (Lipinski definition) is 2. The number of nitrogens with two attached hydrogens (primary N) is 2. The van der Waals surface area contributed by atoms with Crippen LogP contribution in [-0.4, -0.2) is 37.2 Å². The Hall–Kier alpha value is -2.28. The molecule has 1 heterocycles. The van der Waals surface area contributed by atoms with Gasteiger partial charge in [-0.3, -0.25) is 4.79 Å². The lowest BCUT2D eigenvalue weighted by Crippen LogP contribution is -2.35.